The lowest BCUT2D eigenvalue weighted by atomic mass is 10.1. The molecule has 0 bridgehead atoms. The largest absolute Gasteiger partial charge is 0.335 e. The Balaban J connectivity index is 1.77. The number of carbonyl (C=O) groups is 2. The van der Waals surface area contributed by atoms with Gasteiger partial charge in [0.15, 0.2) is 5.78 Å². The zero-order valence-electron chi connectivity index (χ0n) is 8.90. The third kappa shape index (κ3) is 3.08. The highest BCUT2D eigenvalue weighted by molar-refractivity contribution is 5.99. The summed E-state index contributed by atoms with van der Waals surface area (Å²) < 4.78 is 0. The lowest BCUT2D eigenvalue weighted by molar-refractivity contribution is 0.0992. The Morgan fingerprint density at radius 2 is 1.88 bits per heavy atom. The van der Waals surface area contributed by atoms with E-state index in [1.807, 2.05) is 6.07 Å². The first kappa shape index (κ1) is 10.7. The summed E-state index contributed by atoms with van der Waals surface area (Å²) in [6.07, 6.45) is 2.08. The molecule has 84 valence electrons. The first-order chi connectivity index (χ1) is 7.75. The summed E-state index contributed by atoms with van der Waals surface area (Å²) >= 11 is 0. The molecule has 1 aromatic rings. The standard InChI is InChI=1S/C12H14N2O2/c15-11(9-4-2-1-3-5-9)8-13-12(16)14-10-6-7-10/h1-5,10H,6-8H2,(H2,13,14,16). The summed E-state index contributed by atoms with van der Waals surface area (Å²) in [4.78, 5) is 22.9. The van der Waals surface area contributed by atoms with E-state index in [0.717, 1.165) is 12.8 Å². The minimum atomic E-state index is -0.258. The minimum absolute atomic E-state index is 0.0442. The normalized spacial score (nSPS) is 14.2. The topological polar surface area (TPSA) is 58.2 Å². The van der Waals surface area contributed by atoms with E-state index in [2.05, 4.69) is 10.6 Å². The van der Waals surface area contributed by atoms with Gasteiger partial charge in [-0.2, -0.15) is 0 Å². The molecule has 0 aliphatic heterocycles. The second kappa shape index (κ2) is 4.79. The minimum Gasteiger partial charge on any atom is -0.335 e. The van der Waals surface area contributed by atoms with Crippen molar-refractivity contribution in [1.29, 1.82) is 0 Å². The summed E-state index contributed by atoms with van der Waals surface area (Å²) in [6, 6.07) is 8.99. The van der Waals surface area contributed by atoms with Gasteiger partial charge in [-0.25, -0.2) is 4.79 Å². The second-order valence-corrected chi connectivity index (χ2v) is 3.89. The summed E-state index contributed by atoms with van der Waals surface area (Å²) in [5.41, 5.74) is 0.620. The van der Waals surface area contributed by atoms with Crippen molar-refractivity contribution in [2.24, 2.45) is 0 Å². The van der Waals surface area contributed by atoms with Crippen LogP contribution >= 0.6 is 0 Å². The molecule has 0 radical (unpaired) electrons. The average molecular weight is 218 g/mol. The Hall–Kier alpha value is -1.84. The van der Waals surface area contributed by atoms with Crippen molar-refractivity contribution in [3.63, 3.8) is 0 Å². The summed E-state index contributed by atoms with van der Waals surface area (Å²) in [6.45, 7) is 0.0442. The van der Waals surface area contributed by atoms with Crippen molar-refractivity contribution < 1.29 is 9.59 Å². The lowest BCUT2D eigenvalue weighted by Crippen LogP contribution is -2.39. The zero-order chi connectivity index (χ0) is 11.4. The first-order valence-corrected chi connectivity index (χ1v) is 5.38. The third-order valence-electron chi connectivity index (χ3n) is 2.42. The van der Waals surface area contributed by atoms with Gasteiger partial charge >= 0.3 is 6.03 Å². The van der Waals surface area contributed by atoms with Gasteiger partial charge in [0.1, 0.15) is 0 Å². The maximum atomic E-state index is 11.6. The number of hydrogen-bond acceptors (Lipinski definition) is 2. The lowest BCUT2D eigenvalue weighted by Gasteiger charge is -2.05. The number of amides is 2. The van der Waals surface area contributed by atoms with Crippen LogP contribution in [0.1, 0.15) is 23.2 Å². The van der Waals surface area contributed by atoms with Crippen molar-refractivity contribution >= 4 is 11.8 Å². The van der Waals surface area contributed by atoms with Gasteiger partial charge in [0.25, 0.3) is 0 Å². The molecule has 1 aliphatic carbocycles. The molecule has 0 heterocycles. The SMILES string of the molecule is O=C(NCC(=O)c1ccccc1)NC1CC1. The molecule has 4 nitrogen and oxygen atoms in total. The Morgan fingerprint density at radius 3 is 2.50 bits per heavy atom. The molecule has 1 fully saturated rings. The van der Waals surface area contributed by atoms with Gasteiger partial charge in [-0.15, -0.1) is 0 Å². The number of urea groups is 1. The number of Topliss-reactive ketones (excluding diaryl/α,β-unsaturated/α-hetero) is 1. The van der Waals surface area contributed by atoms with E-state index >= 15 is 0 Å². The molecule has 2 rings (SSSR count). The van der Waals surface area contributed by atoms with Crippen LogP contribution in [0.4, 0.5) is 4.79 Å². The van der Waals surface area contributed by atoms with E-state index in [0.29, 0.717) is 11.6 Å². The summed E-state index contributed by atoms with van der Waals surface area (Å²) in [5.74, 6) is -0.0773. The fourth-order valence-corrected chi connectivity index (χ4v) is 1.35. The molecule has 0 unspecified atom stereocenters. The van der Waals surface area contributed by atoms with E-state index in [4.69, 9.17) is 0 Å². The fraction of sp³-hybridized carbons (Fsp3) is 0.333. The maximum Gasteiger partial charge on any atom is 0.315 e. The van der Waals surface area contributed by atoms with Crippen LogP contribution in [0.2, 0.25) is 0 Å². The number of hydrogen-bond donors (Lipinski definition) is 2. The van der Waals surface area contributed by atoms with Crippen LogP contribution in [-0.4, -0.2) is 24.4 Å². The second-order valence-electron chi connectivity index (χ2n) is 3.89. The zero-order valence-corrected chi connectivity index (χ0v) is 8.90. The van der Waals surface area contributed by atoms with Crippen LogP contribution in [0.15, 0.2) is 30.3 Å². The molecular weight excluding hydrogens is 204 g/mol. The van der Waals surface area contributed by atoms with Crippen LogP contribution in [0.25, 0.3) is 0 Å². The Bertz CT molecular complexity index is 385. The summed E-state index contributed by atoms with van der Waals surface area (Å²) in [5, 5.41) is 5.31. The van der Waals surface area contributed by atoms with E-state index in [-0.39, 0.29) is 18.4 Å². The molecule has 4 heteroatoms. The molecule has 0 saturated heterocycles. The molecule has 0 aromatic heterocycles. The predicted molar refractivity (Wildman–Crippen MR) is 60.3 cm³/mol. The summed E-state index contributed by atoms with van der Waals surface area (Å²) in [7, 11) is 0. The predicted octanol–water partition coefficient (Wildman–Crippen LogP) is 1.33. The van der Waals surface area contributed by atoms with Crippen molar-refractivity contribution in [1.82, 2.24) is 10.6 Å². The molecule has 1 saturated carbocycles. The number of benzene rings is 1. The monoisotopic (exact) mass is 218 g/mol. The van der Waals surface area contributed by atoms with Gasteiger partial charge in [-0.05, 0) is 12.8 Å². The fourth-order valence-electron chi connectivity index (χ4n) is 1.35. The van der Waals surface area contributed by atoms with Crippen molar-refractivity contribution in [3.05, 3.63) is 35.9 Å². The Labute approximate surface area is 94.0 Å². The molecule has 1 aromatic carbocycles. The highest BCUT2D eigenvalue weighted by Crippen LogP contribution is 2.18. The molecule has 2 N–H and O–H groups in total. The quantitative estimate of drug-likeness (QED) is 0.749. The maximum absolute atomic E-state index is 11.6. The smallest absolute Gasteiger partial charge is 0.315 e. The van der Waals surface area contributed by atoms with Crippen LogP contribution in [0.5, 0.6) is 0 Å². The van der Waals surface area contributed by atoms with Crippen LogP contribution in [-0.2, 0) is 0 Å². The van der Waals surface area contributed by atoms with Crippen LogP contribution in [0.3, 0.4) is 0 Å². The van der Waals surface area contributed by atoms with Crippen molar-refractivity contribution in [3.8, 4) is 0 Å². The van der Waals surface area contributed by atoms with Crippen LogP contribution in [0, 0.1) is 0 Å². The van der Waals surface area contributed by atoms with Gasteiger partial charge in [-0.1, -0.05) is 30.3 Å². The van der Waals surface area contributed by atoms with Gasteiger partial charge in [-0.3, -0.25) is 4.79 Å². The molecule has 1 aliphatic rings. The molecule has 2 amide bonds. The van der Waals surface area contributed by atoms with Gasteiger partial charge in [0.2, 0.25) is 0 Å². The van der Waals surface area contributed by atoms with E-state index < -0.39 is 0 Å². The van der Waals surface area contributed by atoms with Crippen LogP contribution < -0.4 is 10.6 Å². The Kier molecular flexibility index (Phi) is 3.19. The molecule has 0 spiro atoms. The molecule has 16 heavy (non-hydrogen) atoms. The number of carbonyl (C=O) groups excluding carboxylic acids is 2. The van der Waals surface area contributed by atoms with Crippen molar-refractivity contribution in [2.75, 3.05) is 6.54 Å². The molecule has 0 atom stereocenters. The number of nitrogens with one attached hydrogen (secondary N) is 2. The molecular formula is C12H14N2O2. The van der Waals surface area contributed by atoms with Gasteiger partial charge < -0.3 is 10.6 Å². The first-order valence-electron chi connectivity index (χ1n) is 5.38. The van der Waals surface area contributed by atoms with Crippen molar-refractivity contribution in [2.45, 2.75) is 18.9 Å². The highest BCUT2D eigenvalue weighted by Gasteiger charge is 2.23. The highest BCUT2D eigenvalue weighted by atomic mass is 16.2. The number of rotatable bonds is 4. The van der Waals surface area contributed by atoms with E-state index in [9.17, 15) is 9.59 Å². The third-order valence-corrected chi connectivity index (χ3v) is 2.42. The van der Waals surface area contributed by atoms with E-state index in [1.165, 1.54) is 0 Å². The van der Waals surface area contributed by atoms with Gasteiger partial charge in [0, 0.05) is 11.6 Å². The number of ketones is 1. The van der Waals surface area contributed by atoms with E-state index in [1.54, 1.807) is 24.3 Å². The average Bonchev–Trinajstić information content (AvgIpc) is 3.11. The van der Waals surface area contributed by atoms with Gasteiger partial charge in [0.05, 0.1) is 6.54 Å². The Morgan fingerprint density at radius 1 is 1.19 bits per heavy atom.